The maximum atomic E-state index is 13.1. The van der Waals surface area contributed by atoms with Crippen LogP contribution in [0.5, 0.6) is 5.75 Å². The third-order valence-corrected chi connectivity index (χ3v) is 6.75. The first-order valence-corrected chi connectivity index (χ1v) is 11.5. The molecule has 2 heterocycles. The summed E-state index contributed by atoms with van der Waals surface area (Å²) in [6, 6.07) is 13.2. The number of anilines is 1. The second-order valence-corrected chi connectivity index (χ2v) is 8.76. The zero-order valence-corrected chi connectivity index (χ0v) is 19.7. The number of fused-ring (bicyclic) bond motifs is 1. The van der Waals surface area contributed by atoms with E-state index in [0.29, 0.717) is 23.0 Å². The molecular formula is C24H25N5O3S. The summed E-state index contributed by atoms with van der Waals surface area (Å²) in [5.74, 6) is 0.464. The van der Waals surface area contributed by atoms with Gasteiger partial charge in [-0.15, -0.1) is 10.2 Å². The average Bonchev–Trinajstić information content (AvgIpc) is 3.23. The number of methoxy groups -OCH3 is 1. The van der Waals surface area contributed by atoms with Gasteiger partial charge in [-0.25, -0.2) is 0 Å². The number of para-hydroxylation sites is 3. The van der Waals surface area contributed by atoms with Crippen LogP contribution in [0.25, 0.3) is 11.3 Å². The van der Waals surface area contributed by atoms with Crippen LogP contribution < -0.4 is 15.6 Å². The van der Waals surface area contributed by atoms with Gasteiger partial charge in [0.15, 0.2) is 5.16 Å². The minimum absolute atomic E-state index is 0.112. The first-order chi connectivity index (χ1) is 15.9. The molecule has 0 radical (unpaired) electrons. The van der Waals surface area contributed by atoms with Gasteiger partial charge in [0, 0.05) is 18.1 Å². The highest BCUT2D eigenvalue weighted by Crippen LogP contribution is 2.27. The molecule has 2 aromatic carbocycles. The molecule has 0 aliphatic rings. The topological polar surface area (TPSA) is 90.5 Å². The summed E-state index contributed by atoms with van der Waals surface area (Å²) in [5, 5.41) is 11.4. The summed E-state index contributed by atoms with van der Waals surface area (Å²) in [4.78, 5) is 26.1. The Labute approximate surface area is 195 Å². The second kappa shape index (κ2) is 9.50. The van der Waals surface area contributed by atoms with Crippen molar-refractivity contribution in [3.63, 3.8) is 0 Å². The van der Waals surface area contributed by atoms with Gasteiger partial charge in [0.05, 0.1) is 18.0 Å². The maximum absolute atomic E-state index is 13.1. The Balaban J connectivity index is 1.63. The van der Waals surface area contributed by atoms with Crippen molar-refractivity contribution in [3.05, 3.63) is 76.3 Å². The number of hydrogen-bond donors (Lipinski definition) is 1. The van der Waals surface area contributed by atoms with Crippen LogP contribution in [0.2, 0.25) is 0 Å². The molecule has 1 atom stereocenters. The third kappa shape index (κ3) is 4.36. The van der Waals surface area contributed by atoms with E-state index in [1.165, 1.54) is 16.3 Å². The number of ether oxygens (including phenoxy) is 1. The lowest BCUT2D eigenvalue weighted by molar-refractivity contribution is -0.115. The molecule has 1 N–H and O–H groups in total. The summed E-state index contributed by atoms with van der Waals surface area (Å²) < 4.78 is 8.47. The van der Waals surface area contributed by atoms with Crippen LogP contribution in [0, 0.1) is 13.8 Å². The lowest BCUT2D eigenvalue weighted by Gasteiger charge is -2.16. The summed E-state index contributed by atoms with van der Waals surface area (Å²) in [5.41, 5.74) is 3.31. The Hall–Kier alpha value is -3.59. The molecule has 0 bridgehead atoms. The summed E-state index contributed by atoms with van der Waals surface area (Å²) in [6.07, 6.45) is 3.97. The van der Waals surface area contributed by atoms with E-state index in [1.807, 2.05) is 51.1 Å². The number of aromatic nitrogens is 4. The number of carbonyl (C=O) groups excluding carboxylic acids is 1. The van der Waals surface area contributed by atoms with E-state index in [4.69, 9.17) is 4.74 Å². The summed E-state index contributed by atoms with van der Waals surface area (Å²) in [6.45, 7) is 5.88. The largest absolute Gasteiger partial charge is 0.495 e. The van der Waals surface area contributed by atoms with Crippen molar-refractivity contribution >= 4 is 29.0 Å². The molecule has 4 aromatic rings. The smallest absolute Gasteiger partial charge is 0.300 e. The van der Waals surface area contributed by atoms with Gasteiger partial charge in [-0.2, -0.15) is 0 Å². The van der Waals surface area contributed by atoms with Crippen molar-refractivity contribution in [2.75, 3.05) is 12.4 Å². The van der Waals surface area contributed by atoms with Crippen LogP contribution in [-0.4, -0.2) is 37.4 Å². The molecule has 0 fully saturated rings. The molecule has 0 unspecified atom stereocenters. The Bertz CT molecular complexity index is 1360. The number of nitrogens with zero attached hydrogens (tertiary/aromatic N) is 4. The first kappa shape index (κ1) is 22.6. The van der Waals surface area contributed by atoms with Gasteiger partial charge in [-0.05, 0) is 43.5 Å². The van der Waals surface area contributed by atoms with Crippen molar-refractivity contribution in [1.82, 2.24) is 19.2 Å². The van der Waals surface area contributed by atoms with Crippen molar-refractivity contribution in [1.29, 1.82) is 0 Å². The van der Waals surface area contributed by atoms with E-state index >= 15 is 0 Å². The van der Waals surface area contributed by atoms with Crippen LogP contribution in [0.15, 0.2) is 64.8 Å². The normalized spacial score (nSPS) is 12.0. The van der Waals surface area contributed by atoms with E-state index in [0.717, 1.165) is 16.8 Å². The zero-order chi connectivity index (χ0) is 23.5. The van der Waals surface area contributed by atoms with E-state index in [9.17, 15) is 9.59 Å². The van der Waals surface area contributed by atoms with Crippen molar-refractivity contribution < 1.29 is 9.53 Å². The lowest BCUT2D eigenvalue weighted by Crippen LogP contribution is -2.26. The Morgan fingerprint density at radius 2 is 1.82 bits per heavy atom. The first-order valence-electron chi connectivity index (χ1n) is 10.6. The van der Waals surface area contributed by atoms with Crippen LogP contribution >= 0.6 is 11.8 Å². The predicted octanol–water partition coefficient (Wildman–Crippen LogP) is 4.02. The van der Waals surface area contributed by atoms with E-state index in [-0.39, 0.29) is 17.1 Å². The van der Waals surface area contributed by atoms with Gasteiger partial charge >= 0.3 is 5.56 Å². The van der Waals surface area contributed by atoms with Gasteiger partial charge in [0.1, 0.15) is 5.75 Å². The molecule has 4 rings (SSSR count). The Morgan fingerprint density at radius 1 is 1.09 bits per heavy atom. The van der Waals surface area contributed by atoms with Crippen molar-refractivity contribution in [2.45, 2.75) is 37.6 Å². The van der Waals surface area contributed by atoms with Gasteiger partial charge in [0.2, 0.25) is 11.6 Å². The third-order valence-electron chi connectivity index (χ3n) is 5.42. The quantitative estimate of drug-likeness (QED) is 0.417. The number of nitrogens with one attached hydrogen (secondary N) is 1. The van der Waals surface area contributed by atoms with Gasteiger partial charge < -0.3 is 10.1 Å². The molecule has 0 saturated carbocycles. The van der Waals surface area contributed by atoms with Gasteiger partial charge in [-0.1, -0.05) is 49.0 Å². The molecule has 33 heavy (non-hydrogen) atoms. The minimum atomic E-state index is -0.395. The maximum Gasteiger partial charge on any atom is 0.300 e. The van der Waals surface area contributed by atoms with Crippen molar-refractivity contribution in [2.24, 2.45) is 0 Å². The monoisotopic (exact) mass is 463 g/mol. The Kier molecular flexibility index (Phi) is 6.50. The van der Waals surface area contributed by atoms with Crippen molar-refractivity contribution in [3.8, 4) is 11.4 Å². The van der Waals surface area contributed by atoms with Gasteiger partial charge in [-0.3, -0.25) is 18.6 Å². The molecule has 0 aliphatic heterocycles. The van der Waals surface area contributed by atoms with E-state index in [2.05, 4.69) is 15.5 Å². The van der Waals surface area contributed by atoms with E-state index < -0.39 is 5.25 Å². The van der Waals surface area contributed by atoms with E-state index in [1.54, 1.807) is 36.0 Å². The molecular weight excluding hydrogens is 438 g/mol. The average molecular weight is 464 g/mol. The van der Waals surface area contributed by atoms with Crippen LogP contribution in [0.1, 0.15) is 24.5 Å². The fourth-order valence-electron chi connectivity index (χ4n) is 3.63. The number of aryl methyl sites for hydroxylation is 2. The standard InChI is InChI=1S/C24H25N5O3S/c1-5-19(22(30)25-20-15(2)9-8-10-16(20)3)33-24-27-26-21-23(31)28(13-14-29(21)24)17-11-6-7-12-18(17)32-4/h6-14,19H,5H2,1-4H3,(H,25,30)/t19-/m1/s1. The number of amides is 1. The number of benzene rings is 2. The molecule has 1 amide bonds. The number of rotatable bonds is 7. The molecule has 0 aliphatic carbocycles. The molecule has 170 valence electrons. The minimum Gasteiger partial charge on any atom is -0.495 e. The molecule has 0 spiro atoms. The number of thioether (sulfide) groups is 1. The summed E-state index contributed by atoms with van der Waals surface area (Å²) in [7, 11) is 1.56. The summed E-state index contributed by atoms with van der Waals surface area (Å²) >= 11 is 1.29. The predicted molar refractivity (Wildman–Crippen MR) is 130 cm³/mol. The fourth-order valence-corrected chi connectivity index (χ4v) is 4.57. The molecule has 9 heteroatoms. The van der Waals surface area contributed by atoms with Crippen LogP contribution in [-0.2, 0) is 4.79 Å². The highest BCUT2D eigenvalue weighted by Gasteiger charge is 2.23. The second-order valence-electron chi connectivity index (χ2n) is 7.59. The van der Waals surface area contributed by atoms with Crippen LogP contribution in [0.3, 0.4) is 0 Å². The highest BCUT2D eigenvalue weighted by atomic mass is 32.2. The fraction of sp³-hybridized carbons (Fsp3) is 0.250. The number of carbonyl (C=O) groups is 1. The Morgan fingerprint density at radius 3 is 2.52 bits per heavy atom. The highest BCUT2D eigenvalue weighted by molar-refractivity contribution is 8.00. The molecule has 2 aromatic heterocycles. The molecule has 8 nitrogen and oxygen atoms in total. The zero-order valence-electron chi connectivity index (χ0n) is 18.9. The number of hydrogen-bond acceptors (Lipinski definition) is 6. The molecule has 0 saturated heterocycles. The lowest BCUT2D eigenvalue weighted by atomic mass is 10.1. The van der Waals surface area contributed by atoms with Gasteiger partial charge in [0.25, 0.3) is 0 Å². The SMILES string of the molecule is CC[C@@H](Sc1nnc2c(=O)n(-c3ccccc3OC)ccn12)C(=O)Nc1c(C)cccc1C. The van der Waals surface area contributed by atoms with Crippen LogP contribution in [0.4, 0.5) is 5.69 Å².